The third-order valence-corrected chi connectivity index (χ3v) is 4.53. The third-order valence-electron chi connectivity index (χ3n) is 3.94. The number of hydrogen-bond donors (Lipinski definition) is 0. The Morgan fingerprint density at radius 2 is 2.19 bits per heavy atom. The summed E-state index contributed by atoms with van der Waals surface area (Å²) < 4.78 is 15.5. The lowest BCUT2D eigenvalue weighted by molar-refractivity contribution is 0.295. The van der Waals surface area contributed by atoms with Gasteiger partial charge in [0.1, 0.15) is 10.6 Å². The first kappa shape index (κ1) is 20.7. The molecule has 2 rings (SSSR count). The first-order valence-corrected chi connectivity index (χ1v) is 9.46. The second-order valence-electron chi connectivity index (χ2n) is 6.61. The first-order chi connectivity index (χ1) is 12.2. The van der Waals surface area contributed by atoms with Crippen LogP contribution in [0, 0.1) is 13.8 Å². The molecule has 0 N–H and O–H groups in total. The number of nitrogens with zero attached hydrogens (tertiary/aromatic N) is 4. The number of aromatic nitrogens is 3. The Kier molecular flexibility index (Phi) is 7.08. The van der Waals surface area contributed by atoms with E-state index in [4.69, 9.17) is 11.6 Å². The van der Waals surface area contributed by atoms with Crippen LogP contribution in [0.5, 0.6) is 0 Å². The minimum atomic E-state index is -1.26. The fourth-order valence-electron chi connectivity index (χ4n) is 2.57. The highest BCUT2D eigenvalue weighted by molar-refractivity contribution is 7.18. The number of rotatable bonds is 7. The van der Waals surface area contributed by atoms with Gasteiger partial charge in [0.15, 0.2) is 0 Å². The molecule has 0 saturated carbocycles. The number of allylic oxidation sites excluding steroid dienone is 1. The molecule has 0 radical (unpaired) electrons. The molecule has 0 aliphatic rings. The second kappa shape index (κ2) is 8.88. The molecule has 0 aliphatic heterocycles. The Bertz CT molecular complexity index is 821. The molecule has 2 heterocycles. The predicted octanol–water partition coefficient (Wildman–Crippen LogP) is 4.96. The van der Waals surface area contributed by atoms with Crippen molar-refractivity contribution in [1.29, 1.82) is 0 Å². The molecule has 0 spiro atoms. The molecular formula is C19H25ClFN4P. The number of aliphatic imine (C=N–C) groups is 1. The molecule has 0 bridgehead atoms. The number of hydrogen-bond acceptors (Lipinski definition) is 3. The predicted molar refractivity (Wildman–Crippen MR) is 110 cm³/mol. The summed E-state index contributed by atoms with van der Waals surface area (Å²) in [6, 6.07) is 2.08. The Labute approximate surface area is 161 Å². The zero-order chi connectivity index (χ0) is 19.3. The van der Waals surface area contributed by atoms with Crippen molar-refractivity contribution in [3.63, 3.8) is 0 Å². The number of pyridine rings is 1. The largest absolute Gasteiger partial charge is 0.267 e. The van der Waals surface area contributed by atoms with Crippen molar-refractivity contribution in [2.75, 3.05) is 0 Å². The van der Waals surface area contributed by atoms with E-state index < -0.39 is 5.41 Å². The van der Waals surface area contributed by atoms with E-state index in [0.717, 1.165) is 28.1 Å². The van der Waals surface area contributed by atoms with Crippen molar-refractivity contribution >= 4 is 26.0 Å². The maximum Gasteiger partial charge on any atom is 0.139 e. The van der Waals surface area contributed by atoms with Crippen LogP contribution in [-0.4, -0.2) is 25.3 Å². The lowest BCUT2D eigenvalue weighted by atomic mass is 10.1. The molecule has 2 atom stereocenters. The smallest absolute Gasteiger partial charge is 0.139 e. The van der Waals surface area contributed by atoms with Crippen LogP contribution in [0.25, 0.3) is 0 Å². The average molecular weight is 395 g/mol. The lowest BCUT2D eigenvalue weighted by Crippen LogP contribution is -2.10. The van der Waals surface area contributed by atoms with Crippen LogP contribution in [0.3, 0.4) is 0 Å². The highest BCUT2D eigenvalue weighted by Gasteiger charge is 2.16. The first-order valence-electron chi connectivity index (χ1n) is 8.50. The van der Waals surface area contributed by atoms with Crippen molar-refractivity contribution in [1.82, 2.24) is 14.8 Å². The standard InChI is InChI=1S/C19H25ClFN4P/c1-5-8-22-18(20)16-12-25(24-14(16)3)11-15-9-13(2)17(23-10-15)6-7-19(4,21)26/h5,8-10,12H,6-7,11,26H2,1-4H3/b8-5-,22-18?. The van der Waals surface area contributed by atoms with Crippen molar-refractivity contribution in [2.24, 2.45) is 4.99 Å². The van der Waals surface area contributed by atoms with Gasteiger partial charge < -0.3 is 0 Å². The van der Waals surface area contributed by atoms with Crippen LogP contribution in [0.15, 0.2) is 35.7 Å². The molecule has 0 amide bonds. The highest BCUT2D eigenvalue weighted by Crippen LogP contribution is 2.26. The molecule has 2 unspecified atom stereocenters. The Balaban J connectivity index is 2.13. The van der Waals surface area contributed by atoms with Crippen molar-refractivity contribution < 1.29 is 4.39 Å². The van der Waals surface area contributed by atoms with Crippen molar-refractivity contribution in [2.45, 2.75) is 52.5 Å². The van der Waals surface area contributed by atoms with Gasteiger partial charge in [-0.2, -0.15) is 5.10 Å². The SMILES string of the molecule is C/C=C\N=C(Cl)c1cn(Cc2cnc(CCC(C)(F)P)c(C)c2)nc1C. The summed E-state index contributed by atoms with van der Waals surface area (Å²) in [4.78, 5) is 8.67. The van der Waals surface area contributed by atoms with Gasteiger partial charge in [-0.05, 0) is 51.7 Å². The summed E-state index contributed by atoms with van der Waals surface area (Å²) in [7, 11) is 2.23. The fourth-order valence-corrected chi connectivity index (χ4v) is 2.96. The fraction of sp³-hybridized carbons (Fsp3) is 0.421. The molecule has 4 nitrogen and oxygen atoms in total. The molecule has 26 heavy (non-hydrogen) atoms. The van der Waals surface area contributed by atoms with E-state index in [1.807, 2.05) is 43.9 Å². The summed E-state index contributed by atoms with van der Waals surface area (Å²) in [6.45, 7) is 7.95. The van der Waals surface area contributed by atoms with Crippen molar-refractivity contribution in [3.8, 4) is 0 Å². The van der Waals surface area contributed by atoms with Crippen LogP contribution in [0.1, 0.15) is 48.3 Å². The number of halogens is 2. The van der Waals surface area contributed by atoms with Gasteiger partial charge in [-0.25, -0.2) is 9.38 Å². The minimum absolute atomic E-state index is 0.420. The van der Waals surface area contributed by atoms with Crippen LogP contribution < -0.4 is 0 Å². The maximum absolute atomic E-state index is 13.7. The highest BCUT2D eigenvalue weighted by atomic mass is 35.5. The van der Waals surface area contributed by atoms with E-state index in [1.54, 1.807) is 13.1 Å². The maximum atomic E-state index is 13.7. The van der Waals surface area contributed by atoms with E-state index in [0.29, 0.717) is 24.6 Å². The lowest BCUT2D eigenvalue weighted by Gasteiger charge is -2.14. The quantitative estimate of drug-likeness (QED) is 0.492. The molecule has 0 fully saturated rings. The molecule has 140 valence electrons. The summed E-state index contributed by atoms with van der Waals surface area (Å²) in [6.07, 6.45) is 8.23. The van der Waals surface area contributed by atoms with Gasteiger partial charge in [-0.3, -0.25) is 9.67 Å². The van der Waals surface area contributed by atoms with E-state index in [9.17, 15) is 4.39 Å². The van der Waals surface area contributed by atoms with Gasteiger partial charge in [-0.15, -0.1) is 0 Å². The molecule has 2 aromatic rings. The molecule has 7 heteroatoms. The van der Waals surface area contributed by atoms with Gasteiger partial charge in [0.2, 0.25) is 0 Å². The van der Waals surface area contributed by atoms with E-state index >= 15 is 0 Å². The summed E-state index contributed by atoms with van der Waals surface area (Å²) >= 11 is 6.22. The summed E-state index contributed by atoms with van der Waals surface area (Å²) in [5.74, 6) is 0. The minimum Gasteiger partial charge on any atom is -0.267 e. The van der Waals surface area contributed by atoms with E-state index in [2.05, 4.69) is 30.4 Å². The molecule has 0 saturated heterocycles. The molecule has 0 aromatic carbocycles. The third kappa shape index (κ3) is 6.00. The van der Waals surface area contributed by atoms with E-state index in [1.165, 1.54) is 0 Å². The van der Waals surface area contributed by atoms with Crippen LogP contribution in [0.4, 0.5) is 4.39 Å². The summed E-state index contributed by atoms with van der Waals surface area (Å²) in [5, 5.41) is 3.66. The zero-order valence-corrected chi connectivity index (χ0v) is 17.5. The normalized spacial score (nSPS) is 14.8. The molecule has 0 aliphatic carbocycles. The number of aryl methyl sites for hydroxylation is 3. The molecule has 2 aromatic heterocycles. The zero-order valence-electron chi connectivity index (χ0n) is 15.6. The monoisotopic (exact) mass is 394 g/mol. The average Bonchev–Trinajstić information content (AvgIpc) is 2.91. The van der Waals surface area contributed by atoms with E-state index in [-0.39, 0.29) is 0 Å². The van der Waals surface area contributed by atoms with Gasteiger partial charge in [0, 0.05) is 24.3 Å². The Morgan fingerprint density at radius 3 is 2.81 bits per heavy atom. The van der Waals surface area contributed by atoms with Gasteiger partial charge in [0.05, 0.1) is 17.8 Å². The topological polar surface area (TPSA) is 43.1 Å². The van der Waals surface area contributed by atoms with Gasteiger partial charge in [-0.1, -0.05) is 33.0 Å². The van der Waals surface area contributed by atoms with Crippen LogP contribution in [0.2, 0.25) is 0 Å². The number of alkyl halides is 1. The Hall–Kier alpha value is -1.58. The van der Waals surface area contributed by atoms with Crippen molar-refractivity contribution in [3.05, 3.63) is 58.8 Å². The Morgan fingerprint density at radius 1 is 1.46 bits per heavy atom. The van der Waals surface area contributed by atoms with Crippen LogP contribution in [-0.2, 0) is 13.0 Å². The van der Waals surface area contributed by atoms with Crippen LogP contribution >= 0.6 is 20.8 Å². The van der Waals surface area contributed by atoms with Gasteiger partial charge in [0.25, 0.3) is 0 Å². The molecular weight excluding hydrogens is 370 g/mol. The summed E-state index contributed by atoms with van der Waals surface area (Å²) in [5.41, 5.74) is 4.67. The van der Waals surface area contributed by atoms with Gasteiger partial charge >= 0.3 is 0 Å². The second-order valence-corrected chi connectivity index (χ2v) is 8.18.